The molecule has 1 heterocycles. The molecule has 0 unspecified atom stereocenters. The Morgan fingerprint density at radius 3 is 2.67 bits per heavy atom. The lowest BCUT2D eigenvalue weighted by atomic mass is 10.2. The van der Waals surface area contributed by atoms with Gasteiger partial charge in [-0.3, -0.25) is 14.8 Å². The molecule has 0 spiro atoms. The molecule has 4 nitrogen and oxygen atoms in total. The van der Waals surface area contributed by atoms with Crippen molar-refractivity contribution in [3.8, 4) is 0 Å². The van der Waals surface area contributed by atoms with Gasteiger partial charge in [-0.15, -0.1) is 13.2 Å². The summed E-state index contributed by atoms with van der Waals surface area (Å²) in [5.41, 5.74) is 0.441. The molecule has 0 saturated carbocycles. The van der Waals surface area contributed by atoms with Crippen LogP contribution >= 0.6 is 0 Å². The summed E-state index contributed by atoms with van der Waals surface area (Å²) < 4.78 is 37.9. The van der Waals surface area contributed by atoms with Crippen molar-refractivity contribution in [2.75, 3.05) is 0 Å². The number of alkyl halides is 3. The van der Waals surface area contributed by atoms with E-state index in [4.69, 9.17) is 0 Å². The zero-order valence-electron chi connectivity index (χ0n) is 7.49. The molecule has 0 radical (unpaired) electrons. The normalized spacial score (nSPS) is 11.1. The van der Waals surface area contributed by atoms with E-state index in [0.29, 0.717) is 5.69 Å². The third kappa shape index (κ3) is 4.94. The van der Waals surface area contributed by atoms with E-state index >= 15 is 0 Å². The smallest absolute Gasteiger partial charge is 0.373 e. The molecule has 1 aromatic heterocycles. The van der Waals surface area contributed by atoms with Crippen molar-refractivity contribution in [3.63, 3.8) is 0 Å². The van der Waals surface area contributed by atoms with E-state index in [1.807, 2.05) is 0 Å². The molecular formula is C8H7F3N2O2. The highest BCUT2D eigenvalue weighted by Gasteiger charge is 2.33. The van der Waals surface area contributed by atoms with Crippen molar-refractivity contribution in [1.29, 1.82) is 0 Å². The Morgan fingerprint density at radius 2 is 2.13 bits per heavy atom. The van der Waals surface area contributed by atoms with Crippen LogP contribution in [0.2, 0.25) is 0 Å². The number of halogens is 3. The van der Waals surface area contributed by atoms with Crippen LogP contribution in [0.1, 0.15) is 12.1 Å². The Bertz CT molecular complexity index is 326. The molecule has 1 aromatic rings. The van der Waals surface area contributed by atoms with Gasteiger partial charge in [0.2, 0.25) is 0 Å². The number of esters is 1. The maximum Gasteiger partial charge on any atom is 0.575 e. The van der Waals surface area contributed by atoms with Gasteiger partial charge in [0.1, 0.15) is 0 Å². The van der Waals surface area contributed by atoms with Gasteiger partial charge in [0, 0.05) is 25.0 Å². The third-order valence-electron chi connectivity index (χ3n) is 1.43. The Kier molecular flexibility index (Phi) is 3.59. The lowest BCUT2D eigenvalue weighted by Gasteiger charge is -2.06. The first-order chi connectivity index (χ1) is 6.97. The molecule has 0 aliphatic heterocycles. The number of aromatic nitrogens is 2. The van der Waals surface area contributed by atoms with Gasteiger partial charge >= 0.3 is 12.3 Å². The van der Waals surface area contributed by atoms with Gasteiger partial charge in [-0.2, -0.15) is 0 Å². The molecule has 0 saturated heterocycles. The topological polar surface area (TPSA) is 52.1 Å². The fourth-order valence-electron chi connectivity index (χ4n) is 0.869. The van der Waals surface area contributed by atoms with Crippen LogP contribution in [-0.4, -0.2) is 22.3 Å². The summed E-state index contributed by atoms with van der Waals surface area (Å²) in [5, 5.41) is 0. The van der Waals surface area contributed by atoms with Crippen LogP contribution in [0.25, 0.3) is 0 Å². The van der Waals surface area contributed by atoms with Crippen LogP contribution in [0.15, 0.2) is 18.6 Å². The Morgan fingerprint density at radius 1 is 1.40 bits per heavy atom. The fraction of sp³-hybridized carbons (Fsp3) is 0.375. The lowest BCUT2D eigenvalue weighted by molar-refractivity contribution is -0.305. The highest BCUT2D eigenvalue weighted by atomic mass is 19.4. The van der Waals surface area contributed by atoms with Gasteiger partial charge in [0.15, 0.2) is 0 Å². The van der Waals surface area contributed by atoms with Crippen molar-refractivity contribution in [3.05, 3.63) is 24.3 Å². The molecule has 0 aromatic carbocycles. The molecule has 0 bridgehead atoms. The van der Waals surface area contributed by atoms with Gasteiger partial charge < -0.3 is 4.74 Å². The van der Waals surface area contributed by atoms with Gasteiger partial charge in [-0.1, -0.05) is 0 Å². The number of hydrogen-bond donors (Lipinski definition) is 0. The minimum atomic E-state index is -4.92. The molecule has 0 fully saturated rings. The van der Waals surface area contributed by atoms with E-state index in [1.165, 1.54) is 18.6 Å². The second kappa shape index (κ2) is 4.72. The summed E-state index contributed by atoms with van der Waals surface area (Å²) >= 11 is 0. The first kappa shape index (κ1) is 11.4. The first-order valence-electron chi connectivity index (χ1n) is 4.01. The summed E-state index contributed by atoms with van der Waals surface area (Å²) in [6.45, 7) is 0. The second-order valence-electron chi connectivity index (χ2n) is 2.62. The lowest BCUT2D eigenvalue weighted by Crippen LogP contribution is -2.19. The minimum absolute atomic E-state index is 0.0722. The summed E-state index contributed by atoms with van der Waals surface area (Å²) in [7, 11) is 0. The number of hydrogen-bond acceptors (Lipinski definition) is 4. The summed E-state index contributed by atoms with van der Waals surface area (Å²) in [6.07, 6.45) is -1.02. The van der Waals surface area contributed by atoms with Crippen molar-refractivity contribution < 1.29 is 22.7 Å². The van der Waals surface area contributed by atoms with E-state index in [9.17, 15) is 18.0 Å². The largest absolute Gasteiger partial charge is 0.575 e. The summed E-state index contributed by atoms with van der Waals surface area (Å²) in [4.78, 5) is 18.1. The van der Waals surface area contributed by atoms with Crippen LogP contribution in [0.4, 0.5) is 13.2 Å². The highest BCUT2D eigenvalue weighted by molar-refractivity contribution is 5.69. The van der Waals surface area contributed by atoms with E-state index < -0.39 is 12.3 Å². The third-order valence-corrected chi connectivity index (χ3v) is 1.43. The molecule has 15 heavy (non-hydrogen) atoms. The Labute approximate surface area is 83.1 Å². The molecule has 0 atom stereocenters. The van der Waals surface area contributed by atoms with Crippen LogP contribution in [0, 0.1) is 0 Å². The van der Waals surface area contributed by atoms with Gasteiger partial charge in [-0.05, 0) is 0 Å². The maximum absolute atomic E-state index is 11.6. The van der Waals surface area contributed by atoms with Crippen molar-refractivity contribution in [2.45, 2.75) is 19.2 Å². The average molecular weight is 220 g/mol. The maximum atomic E-state index is 11.6. The standard InChI is InChI=1S/C8H7F3N2O2/c9-8(10,11)15-7(14)2-1-6-5-12-3-4-13-6/h3-5H,1-2H2. The van der Waals surface area contributed by atoms with E-state index in [-0.39, 0.29) is 12.8 Å². The molecule has 7 heteroatoms. The van der Waals surface area contributed by atoms with Crippen LogP contribution in [0.3, 0.4) is 0 Å². The predicted molar refractivity (Wildman–Crippen MR) is 42.5 cm³/mol. The molecule has 1 rings (SSSR count). The Hall–Kier alpha value is -1.66. The molecule has 0 aliphatic rings. The number of nitrogens with zero attached hydrogens (tertiary/aromatic N) is 2. The van der Waals surface area contributed by atoms with Gasteiger partial charge in [-0.25, -0.2) is 0 Å². The molecular weight excluding hydrogens is 213 g/mol. The number of carbonyl (C=O) groups excluding carboxylic acids is 1. The zero-order valence-corrected chi connectivity index (χ0v) is 7.49. The minimum Gasteiger partial charge on any atom is -0.373 e. The second-order valence-corrected chi connectivity index (χ2v) is 2.62. The molecule has 0 aliphatic carbocycles. The number of aryl methyl sites for hydroxylation is 1. The number of ether oxygens (including phenoxy) is 1. The van der Waals surface area contributed by atoms with Crippen LogP contribution < -0.4 is 0 Å². The number of carbonyl (C=O) groups is 1. The van der Waals surface area contributed by atoms with E-state index in [2.05, 4.69) is 14.7 Å². The highest BCUT2D eigenvalue weighted by Crippen LogP contribution is 2.17. The van der Waals surface area contributed by atoms with Crippen molar-refractivity contribution in [1.82, 2.24) is 9.97 Å². The number of rotatable bonds is 3. The summed E-state index contributed by atoms with van der Waals surface area (Å²) in [5.74, 6) is -1.33. The average Bonchev–Trinajstić information content (AvgIpc) is 2.14. The van der Waals surface area contributed by atoms with Crippen LogP contribution in [-0.2, 0) is 16.0 Å². The monoisotopic (exact) mass is 220 g/mol. The molecule has 0 amide bonds. The quantitative estimate of drug-likeness (QED) is 0.724. The van der Waals surface area contributed by atoms with E-state index in [0.717, 1.165) is 0 Å². The SMILES string of the molecule is O=C(CCc1cnccn1)OC(F)(F)F. The van der Waals surface area contributed by atoms with Gasteiger partial charge in [0.25, 0.3) is 0 Å². The summed E-state index contributed by atoms with van der Waals surface area (Å²) in [6, 6.07) is 0. The molecule has 82 valence electrons. The van der Waals surface area contributed by atoms with Crippen LogP contribution in [0.5, 0.6) is 0 Å². The fourth-order valence-corrected chi connectivity index (χ4v) is 0.869. The predicted octanol–water partition coefficient (Wildman–Crippen LogP) is 1.47. The molecule has 0 N–H and O–H groups in total. The zero-order chi connectivity index (χ0) is 11.3. The van der Waals surface area contributed by atoms with Gasteiger partial charge in [0.05, 0.1) is 12.1 Å². The van der Waals surface area contributed by atoms with Crippen molar-refractivity contribution >= 4 is 5.97 Å². The Balaban J connectivity index is 2.35. The first-order valence-corrected chi connectivity index (χ1v) is 4.01. The van der Waals surface area contributed by atoms with E-state index in [1.54, 1.807) is 0 Å². The van der Waals surface area contributed by atoms with Crippen molar-refractivity contribution in [2.24, 2.45) is 0 Å².